The highest BCUT2D eigenvalue weighted by Crippen LogP contribution is 2.31. The van der Waals surface area contributed by atoms with Crippen molar-refractivity contribution in [3.8, 4) is 5.75 Å². The molecule has 1 fully saturated rings. The van der Waals surface area contributed by atoms with Gasteiger partial charge >= 0.3 is 0 Å². The van der Waals surface area contributed by atoms with Gasteiger partial charge in [-0.3, -0.25) is 0 Å². The minimum absolute atomic E-state index is 0.438. The fraction of sp³-hybridized carbons (Fsp3) is 0.368. The normalized spacial score (nSPS) is 21.8. The van der Waals surface area contributed by atoms with Gasteiger partial charge in [0.15, 0.2) is 0 Å². The Morgan fingerprint density at radius 1 is 1.00 bits per heavy atom. The summed E-state index contributed by atoms with van der Waals surface area (Å²) in [6.07, 6.45) is 1.95. The van der Waals surface area contributed by atoms with Gasteiger partial charge in [-0.25, -0.2) is 0 Å². The van der Waals surface area contributed by atoms with Gasteiger partial charge in [-0.15, -0.1) is 0 Å². The average Bonchev–Trinajstić information content (AvgIpc) is 3.25. The Bertz CT molecular complexity index is 562. The Morgan fingerprint density at radius 3 is 2.29 bits per heavy atom. The molecule has 0 saturated carbocycles. The van der Waals surface area contributed by atoms with Crippen LogP contribution in [0.4, 0.5) is 0 Å². The van der Waals surface area contributed by atoms with E-state index < -0.39 is 0 Å². The molecule has 0 bridgehead atoms. The molecule has 3 atom stereocenters. The van der Waals surface area contributed by atoms with Crippen LogP contribution in [0.5, 0.6) is 5.75 Å². The van der Waals surface area contributed by atoms with E-state index in [9.17, 15) is 0 Å². The Labute approximate surface area is 126 Å². The minimum Gasteiger partial charge on any atom is -0.489 e. The lowest BCUT2D eigenvalue weighted by molar-refractivity contribution is 0.306. The Hall–Kier alpha value is -1.80. The molecule has 0 radical (unpaired) electrons. The van der Waals surface area contributed by atoms with E-state index >= 15 is 0 Å². The quantitative estimate of drug-likeness (QED) is 0.739. The maximum absolute atomic E-state index is 5.80. The van der Waals surface area contributed by atoms with E-state index in [-0.39, 0.29) is 0 Å². The van der Waals surface area contributed by atoms with E-state index in [0.717, 1.165) is 12.2 Å². The number of rotatable bonds is 6. The molecule has 3 unspecified atom stereocenters. The molecular weight excluding hydrogens is 260 g/mol. The summed E-state index contributed by atoms with van der Waals surface area (Å²) < 4.78 is 11.3. The molecule has 1 saturated heterocycles. The molecule has 1 heterocycles. The van der Waals surface area contributed by atoms with Gasteiger partial charge in [-0.1, -0.05) is 49.4 Å². The van der Waals surface area contributed by atoms with Crippen LogP contribution >= 0.6 is 0 Å². The largest absolute Gasteiger partial charge is 0.489 e. The van der Waals surface area contributed by atoms with Crippen molar-refractivity contribution in [3.05, 3.63) is 65.7 Å². The maximum Gasteiger partial charge on any atom is 0.119 e. The van der Waals surface area contributed by atoms with Gasteiger partial charge < -0.3 is 9.47 Å². The molecule has 0 aromatic heterocycles. The summed E-state index contributed by atoms with van der Waals surface area (Å²) in [5, 5.41) is 0. The van der Waals surface area contributed by atoms with Crippen molar-refractivity contribution in [1.82, 2.24) is 0 Å². The molecule has 0 amide bonds. The molecule has 1 aliphatic heterocycles. The molecule has 2 aromatic rings. The molecule has 21 heavy (non-hydrogen) atoms. The molecule has 2 aromatic carbocycles. The summed E-state index contributed by atoms with van der Waals surface area (Å²) in [5.41, 5.74) is 2.53. The summed E-state index contributed by atoms with van der Waals surface area (Å²) in [7, 11) is 0. The summed E-state index contributed by atoms with van der Waals surface area (Å²) in [4.78, 5) is 0. The van der Waals surface area contributed by atoms with Gasteiger partial charge in [-0.05, 0) is 42.5 Å². The van der Waals surface area contributed by atoms with Crippen LogP contribution in [0, 0.1) is 5.92 Å². The molecule has 0 spiro atoms. The maximum atomic E-state index is 5.80. The topological polar surface area (TPSA) is 21.8 Å². The fourth-order valence-corrected chi connectivity index (χ4v) is 2.75. The van der Waals surface area contributed by atoms with Crippen LogP contribution < -0.4 is 4.74 Å². The van der Waals surface area contributed by atoms with E-state index in [1.54, 1.807) is 0 Å². The van der Waals surface area contributed by atoms with Crippen molar-refractivity contribution >= 4 is 0 Å². The van der Waals surface area contributed by atoms with Crippen LogP contribution in [0.3, 0.4) is 0 Å². The summed E-state index contributed by atoms with van der Waals surface area (Å²) >= 11 is 0. The van der Waals surface area contributed by atoms with Gasteiger partial charge in [0.2, 0.25) is 0 Å². The first-order valence-electron chi connectivity index (χ1n) is 7.63. The standard InChI is InChI=1S/C19H22O2/c1-14(19-15(2)21-19)12-16-8-10-18(11-9-16)20-13-17-6-4-3-5-7-17/h3-11,14-15,19H,12-13H2,1-2H3. The van der Waals surface area contributed by atoms with E-state index in [4.69, 9.17) is 9.47 Å². The third-order valence-electron chi connectivity index (χ3n) is 4.05. The highest BCUT2D eigenvalue weighted by molar-refractivity contribution is 5.28. The number of hydrogen-bond acceptors (Lipinski definition) is 2. The third-order valence-corrected chi connectivity index (χ3v) is 4.05. The van der Waals surface area contributed by atoms with E-state index in [2.05, 4.69) is 50.2 Å². The summed E-state index contributed by atoms with van der Waals surface area (Å²) in [6.45, 7) is 5.01. The predicted octanol–water partition coefficient (Wildman–Crippen LogP) is 4.23. The molecule has 3 rings (SSSR count). The van der Waals surface area contributed by atoms with Crippen molar-refractivity contribution < 1.29 is 9.47 Å². The van der Waals surface area contributed by atoms with Gasteiger partial charge in [0.05, 0.1) is 12.2 Å². The second-order valence-corrected chi connectivity index (χ2v) is 5.91. The lowest BCUT2D eigenvalue weighted by atomic mass is 9.97. The second-order valence-electron chi connectivity index (χ2n) is 5.91. The zero-order chi connectivity index (χ0) is 14.7. The van der Waals surface area contributed by atoms with Crippen molar-refractivity contribution in [1.29, 1.82) is 0 Å². The number of benzene rings is 2. The SMILES string of the molecule is CC(Cc1ccc(OCc2ccccc2)cc1)C1OC1C. The van der Waals surface area contributed by atoms with Crippen molar-refractivity contribution in [3.63, 3.8) is 0 Å². The van der Waals surface area contributed by atoms with Gasteiger partial charge in [-0.2, -0.15) is 0 Å². The number of ether oxygens (including phenoxy) is 2. The molecule has 2 heteroatoms. The molecule has 110 valence electrons. The zero-order valence-electron chi connectivity index (χ0n) is 12.7. The molecule has 0 N–H and O–H groups in total. The lowest BCUT2D eigenvalue weighted by Crippen LogP contribution is -2.08. The third kappa shape index (κ3) is 3.85. The van der Waals surface area contributed by atoms with Gasteiger partial charge in [0, 0.05) is 0 Å². The van der Waals surface area contributed by atoms with Crippen LogP contribution in [0.2, 0.25) is 0 Å². The second kappa shape index (κ2) is 6.31. The molecular formula is C19H22O2. The van der Waals surface area contributed by atoms with Crippen LogP contribution in [0.25, 0.3) is 0 Å². The first kappa shape index (κ1) is 14.2. The Morgan fingerprint density at radius 2 is 1.67 bits per heavy atom. The van der Waals surface area contributed by atoms with Crippen molar-refractivity contribution in [2.45, 2.75) is 39.1 Å². The first-order valence-corrected chi connectivity index (χ1v) is 7.63. The number of hydrogen-bond donors (Lipinski definition) is 0. The average molecular weight is 282 g/mol. The smallest absolute Gasteiger partial charge is 0.119 e. The van der Waals surface area contributed by atoms with Crippen LogP contribution in [-0.4, -0.2) is 12.2 Å². The van der Waals surface area contributed by atoms with Gasteiger partial charge in [0.1, 0.15) is 12.4 Å². The van der Waals surface area contributed by atoms with Crippen molar-refractivity contribution in [2.75, 3.05) is 0 Å². The minimum atomic E-state index is 0.438. The number of epoxide rings is 1. The first-order chi connectivity index (χ1) is 10.2. The van der Waals surface area contributed by atoms with Crippen LogP contribution in [0.15, 0.2) is 54.6 Å². The zero-order valence-corrected chi connectivity index (χ0v) is 12.7. The Kier molecular flexibility index (Phi) is 4.26. The highest BCUT2D eigenvalue weighted by Gasteiger charge is 2.38. The van der Waals surface area contributed by atoms with Crippen LogP contribution in [0.1, 0.15) is 25.0 Å². The fourth-order valence-electron chi connectivity index (χ4n) is 2.75. The Balaban J connectivity index is 1.52. The lowest BCUT2D eigenvalue weighted by Gasteiger charge is -2.10. The summed E-state index contributed by atoms with van der Waals surface area (Å²) in [6, 6.07) is 18.7. The van der Waals surface area contributed by atoms with E-state index in [1.165, 1.54) is 11.1 Å². The summed E-state index contributed by atoms with van der Waals surface area (Å²) in [5.74, 6) is 1.50. The van der Waals surface area contributed by atoms with E-state index in [1.807, 2.05) is 18.2 Å². The van der Waals surface area contributed by atoms with Crippen LogP contribution in [-0.2, 0) is 17.8 Å². The van der Waals surface area contributed by atoms with Gasteiger partial charge in [0.25, 0.3) is 0 Å². The molecule has 1 aliphatic rings. The van der Waals surface area contributed by atoms with E-state index in [0.29, 0.717) is 24.7 Å². The van der Waals surface area contributed by atoms with Crippen molar-refractivity contribution in [2.24, 2.45) is 5.92 Å². The molecule has 0 aliphatic carbocycles. The highest BCUT2D eigenvalue weighted by atomic mass is 16.6. The monoisotopic (exact) mass is 282 g/mol. The predicted molar refractivity (Wildman–Crippen MR) is 84.4 cm³/mol. The molecule has 2 nitrogen and oxygen atoms in total.